The number of hydrogen-bond acceptors (Lipinski definition) is 2. The lowest BCUT2D eigenvalue weighted by Gasteiger charge is -2.32. The Kier molecular flexibility index (Phi) is 5.28. The molecule has 0 amide bonds. The molecule has 0 spiro atoms. The van der Waals surface area contributed by atoms with E-state index in [1.165, 1.54) is 37.9 Å². The minimum Gasteiger partial charge on any atom is -0.313 e. The normalized spacial score (nSPS) is 20.7. The van der Waals surface area contributed by atoms with Crippen LogP contribution in [0.2, 0.25) is 0 Å². The van der Waals surface area contributed by atoms with Crippen molar-refractivity contribution in [2.45, 2.75) is 38.3 Å². The third kappa shape index (κ3) is 4.25. The molecule has 0 aromatic heterocycles. The third-order valence-corrected chi connectivity index (χ3v) is 3.91. The molecule has 2 rings (SSSR count). The second-order valence-electron chi connectivity index (χ2n) is 5.33. The van der Waals surface area contributed by atoms with E-state index in [9.17, 15) is 8.78 Å². The van der Waals surface area contributed by atoms with E-state index < -0.39 is 11.6 Å². The van der Waals surface area contributed by atoms with E-state index in [0.29, 0.717) is 18.2 Å². The van der Waals surface area contributed by atoms with Crippen molar-refractivity contribution in [3.8, 4) is 0 Å². The number of rotatable bonds is 5. The van der Waals surface area contributed by atoms with Gasteiger partial charge in [0.2, 0.25) is 0 Å². The molecular formula is C15H22F2N2. The first-order valence-electron chi connectivity index (χ1n) is 7.01. The van der Waals surface area contributed by atoms with Crippen LogP contribution in [0.5, 0.6) is 0 Å². The Bertz CT molecular complexity index is 409. The van der Waals surface area contributed by atoms with Gasteiger partial charge in [-0.05, 0) is 45.5 Å². The van der Waals surface area contributed by atoms with Gasteiger partial charge in [0, 0.05) is 24.2 Å². The van der Waals surface area contributed by atoms with E-state index in [1.54, 1.807) is 0 Å². The Morgan fingerprint density at radius 2 is 2.16 bits per heavy atom. The minimum atomic E-state index is -0.523. The highest BCUT2D eigenvalue weighted by atomic mass is 19.1. The average molecular weight is 268 g/mol. The summed E-state index contributed by atoms with van der Waals surface area (Å²) in [6.07, 6.45) is 4.94. The maximum absolute atomic E-state index is 13.4. The van der Waals surface area contributed by atoms with Crippen molar-refractivity contribution >= 4 is 0 Å². The summed E-state index contributed by atoms with van der Waals surface area (Å²) in [5, 5.41) is 3.24. The first-order valence-corrected chi connectivity index (χ1v) is 7.01. The maximum Gasteiger partial charge on any atom is 0.130 e. The zero-order valence-electron chi connectivity index (χ0n) is 11.5. The van der Waals surface area contributed by atoms with Gasteiger partial charge in [-0.25, -0.2) is 8.78 Å². The second-order valence-corrected chi connectivity index (χ2v) is 5.33. The molecule has 1 fully saturated rings. The molecular weight excluding hydrogens is 246 g/mol. The Balaban J connectivity index is 1.71. The maximum atomic E-state index is 13.4. The second kappa shape index (κ2) is 6.96. The molecule has 0 radical (unpaired) electrons. The summed E-state index contributed by atoms with van der Waals surface area (Å²) in [4.78, 5) is 2.41. The topological polar surface area (TPSA) is 15.3 Å². The summed E-state index contributed by atoms with van der Waals surface area (Å²) in [5.74, 6) is -0.993. The highest BCUT2D eigenvalue weighted by Gasteiger charge is 2.17. The van der Waals surface area contributed by atoms with E-state index in [2.05, 4.69) is 17.3 Å². The number of hydrogen-bond donors (Lipinski definition) is 1. The van der Waals surface area contributed by atoms with Gasteiger partial charge in [0.05, 0.1) is 0 Å². The van der Waals surface area contributed by atoms with Gasteiger partial charge in [-0.2, -0.15) is 0 Å². The van der Waals surface area contributed by atoms with E-state index in [0.717, 1.165) is 19.0 Å². The molecule has 106 valence electrons. The van der Waals surface area contributed by atoms with Crippen LogP contribution in [0, 0.1) is 11.6 Å². The molecule has 2 nitrogen and oxygen atoms in total. The van der Waals surface area contributed by atoms with Crippen molar-refractivity contribution in [3.05, 3.63) is 35.4 Å². The molecule has 1 aromatic rings. The van der Waals surface area contributed by atoms with Crippen LogP contribution in [0.15, 0.2) is 18.2 Å². The molecule has 0 aliphatic carbocycles. The summed E-state index contributed by atoms with van der Waals surface area (Å²) >= 11 is 0. The lowest BCUT2D eigenvalue weighted by molar-refractivity contribution is 0.175. The lowest BCUT2D eigenvalue weighted by atomic mass is 10.0. The molecule has 1 aliphatic rings. The van der Waals surface area contributed by atoms with Gasteiger partial charge in [0.1, 0.15) is 11.6 Å². The summed E-state index contributed by atoms with van der Waals surface area (Å²) in [6, 6.07) is 4.38. The number of nitrogens with zero attached hydrogens (tertiary/aromatic N) is 1. The van der Waals surface area contributed by atoms with Crippen LogP contribution in [-0.2, 0) is 6.54 Å². The highest BCUT2D eigenvalue weighted by molar-refractivity contribution is 5.18. The van der Waals surface area contributed by atoms with Gasteiger partial charge < -0.3 is 10.2 Å². The third-order valence-electron chi connectivity index (χ3n) is 3.91. The molecule has 19 heavy (non-hydrogen) atoms. The molecule has 1 saturated heterocycles. The van der Waals surface area contributed by atoms with Gasteiger partial charge >= 0.3 is 0 Å². The van der Waals surface area contributed by atoms with Crippen molar-refractivity contribution in [1.82, 2.24) is 10.2 Å². The van der Waals surface area contributed by atoms with Crippen LogP contribution < -0.4 is 5.32 Å². The van der Waals surface area contributed by atoms with Crippen LogP contribution in [0.3, 0.4) is 0 Å². The molecule has 1 atom stereocenters. The van der Waals surface area contributed by atoms with Crippen LogP contribution in [0.25, 0.3) is 0 Å². The van der Waals surface area contributed by atoms with E-state index in [1.807, 2.05) is 0 Å². The number of nitrogens with one attached hydrogen (secondary N) is 1. The molecule has 1 heterocycles. The van der Waals surface area contributed by atoms with Crippen molar-refractivity contribution in [2.75, 3.05) is 20.1 Å². The van der Waals surface area contributed by atoms with Crippen LogP contribution in [-0.4, -0.2) is 31.1 Å². The summed E-state index contributed by atoms with van der Waals surface area (Å²) < 4.78 is 26.2. The zero-order chi connectivity index (χ0) is 13.7. The quantitative estimate of drug-likeness (QED) is 0.826. The fraction of sp³-hybridized carbons (Fsp3) is 0.600. The Morgan fingerprint density at radius 3 is 2.89 bits per heavy atom. The number of benzene rings is 1. The van der Waals surface area contributed by atoms with Crippen LogP contribution >= 0.6 is 0 Å². The molecule has 1 N–H and O–H groups in total. The zero-order valence-corrected chi connectivity index (χ0v) is 11.5. The molecule has 1 aromatic carbocycles. The van der Waals surface area contributed by atoms with E-state index >= 15 is 0 Å². The Labute approximate surface area is 113 Å². The van der Waals surface area contributed by atoms with Crippen molar-refractivity contribution in [2.24, 2.45) is 0 Å². The van der Waals surface area contributed by atoms with Gasteiger partial charge in [-0.15, -0.1) is 0 Å². The fourth-order valence-corrected chi connectivity index (χ4v) is 2.67. The predicted octanol–water partition coefficient (Wildman–Crippen LogP) is 2.93. The predicted molar refractivity (Wildman–Crippen MR) is 73.0 cm³/mol. The number of likely N-dealkylation sites (tertiary alicyclic amines) is 1. The largest absolute Gasteiger partial charge is 0.313 e. The van der Waals surface area contributed by atoms with Crippen molar-refractivity contribution in [1.29, 1.82) is 0 Å². The molecule has 4 heteroatoms. The molecule has 0 bridgehead atoms. The highest BCUT2D eigenvalue weighted by Crippen LogP contribution is 2.17. The van der Waals surface area contributed by atoms with Gasteiger partial charge in [0.25, 0.3) is 0 Å². The van der Waals surface area contributed by atoms with Crippen molar-refractivity contribution in [3.63, 3.8) is 0 Å². The number of halogens is 2. The smallest absolute Gasteiger partial charge is 0.130 e. The first-order chi connectivity index (χ1) is 9.16. The minimum absolute atomic E-state index is 0.461. The summed E-state index contributed by atoms with van der Waals surface area (Å²) in [5.41, 5.74) is 0.526. The van der Waals surface area contributed by atoms with Gasteiger partial charge in [0.15, 0.2) is 0 Å². The lowest BCUT2D eigenvalue weighted by Crippen LogP contribution is -2.38. The van der Waals surface area contributed by atoms with E-state index in [4.69, 9.17) is 0 Å². The first kappa shape index (κ1) is 14.4. The summed E-state index contributed by atoms with van der Waals surface area (Å²) in [6.45, 7) is 2.51. The number of piperidine rings is 1. The molecule has 1 aliphatic heterocycles. The van der Waals surface area contributed by atoms with Crippen molar-refractivity contribution < 1.29 is 8.78 Å². The van der Waals surface area contributed by atoms with Gasteiger partial charge in [-0.3, -0.25) is 0 Å². The molecule has 1 unspecified atom stereocenters. The Morgan fingerprint density at radius 1 is 1.32 bits per heavy atom. The fourth-order valence-electron chi connectivity index (χ4n) is 2.67. The monoisotopic (exact) mass is 268 g/mol. The summed E-state index contributed by atoms with van der Waals surface area (Å²) in [7, 11) is 2.17. The molecule has 0 saturated carbocycles. The van der Waals surface area contributed by atoms with Crippen LogP contribution in [0.4, 0.5) is 8.78 Å². The van der Waals surface area contributed by atoms with Crippen LogP contribution in [0.1, 0.15) is 31.2 Å². The SMILES string of the molecule is CN1CCCCC1CCNCc1ccc(F)cc1F. The standard InChI is InChI=1S/C15H22F2N2/c1-19-9-3-2-4-14(19)7-8-18-11-12-5-6-13(16)10-15(12)17/h5-6,10,14,18H,2-4,7-9,11H2,1H3. The van der Waals surface area contributed by atoms with Gasteiger partial charge in [-0.1, -0.05) is 12.5 Å². The average Bonchev–Trinajstić information content (AvgIpc) is 2.38. The van der Waals surface area contributed by atoms with E-state index in [-0.39, 0.29) is 0 Å². The Hall–Kier alpha value is -1.00.